The first-order chi connectivity index (χ1) is 11.7. The number of benzene rings is 1. The molecule has 2 heterocycles. The fraction of sp³-hybridized carbons (Fsp3) is 0.400. The fourth-order valence-electron chi connectivity index (χ4n) is 3.54. The second-order valence-corrected chi connectivity index (χ2v) is 6.40. The van der Waals surface area contributed by atoms with Crippen LogP contribution >= 0.6 is 0 Å². The molecule has 1 atom stereocenters. The minimum atomic E-state index is -0.503. The Morgan fingerprint density at radius 1 is 1.21 bits per heavy atom. The molecule has 24 heavy (non-hydrogen) atoms. The van der Waals surface area contributed by atoms with Crippen LogP contribution in [-0.4, -0.2) is 29.5 Å². The summed E-state index contributed by atoms with van der Waals surface area (Å²) in [6, 6.07) is 12.4. The number of nitrogens with zero attached hydrogens (tertiary/aromatic N) is 1. The Balaban J connectivity index is 1.95. The van der Waals surface area contributed by atoms with Crippen LogP contribution in [0.2, 0.25) is 0 Å². The monoisotopic (exact) mass is 323 g/mol. The summed E-state index contributed by atoms with van der Waals surface area (Å²) < 4.78 is 0. The van der Waals surface area contributed by atoms with E-state index in [0.29, 0.717) is 13.0 Å². The van der Waals surface area contributed by atoms with Crippen LogP contribution in [-0.2, 0) is 11.2 Å². The standard InChI is InChI=1S/C20H25N3O/c1-2-22-19(24)20(11-5-6-12-23-20)15-17-7-3-4-8-18(17)16-9-13-21-14-10-16/h3-4,7-10,13-14,23H,2,5-6,11-12,15H2,1H3,(H,22,24). The van der Waals surface area contributed by atoms with Crippen molar-refractivity contribution < 1.29 is 4.79 Å². The number of aromatic nitrogens is 1. The van der Waals surface area contributed by atoms with E-state index in [1.165, 1.54) is 11.1 Å². The van der Waals surface area contributed by atoms with Gasteiger partial charge in [0.15, 0.2) is 0 Å². The average molecular weight is 323 g/mol. The van der Waals surface area contributed by atoms with Crippen molar-refractivity contribution in [1.29, 1.82) is 0 Å². The number of carbonyl (C=O) groups excluding carboxylic acids is 1. The Bertz CT molecular complexity index is 678. The smallest absolute Gasteiger partial charge is 0.240 e. The molecule has 1 saturated heterocycles. The van der Waals surface area contributed by atoms with Gasteiger partial charge in [-0.25, -0.2) is 0 Å². The zero-order chi connectivity index (χ0) is 16.8. The molecule has 0 bridgehead atoms. The third-order valence-electron chi connectivity index (χ3n) is 4.77. The van der Waals surface area contributed by atoms with E-state index in [9.17, 15) is 4.79 Å². The minimum absolute atomic E-state index is 0.120. The Labute approximate surface area is 143 Å². The zero-order valence-electron chi connectivity index (χ0n) is 14.2. The predicted octanol–water partition coefficient (Wildman–Crippen LogP) is 2.94. The van der Waals surface area contributed by atoms with Crippen LogP contribution in [0.1, 0.15) is 31.7 Å². The molecule has 4 nitrogen and oxygen atoms in total. The van der Waals surface area contributed by atoms with Gasteiger partial charge in [-0.05, 0) is 61.6 Å². The van der Waals surface area contributed by atoms with E-state index >= 15 is 0 Å². The molecule has 126 valence electrons. The number of pyridine rings is 1. The van der Waals surface area contributed by atoms with Crippen LogP contribution in [0.5, 0.6) is 0 Å². The molecule has 0 aliphatic carbocycles. The third kappa shape index (κ3) is 3.49. The SMILES string of the molecule is CCNC(=O)C1(Cc2ccccc2-c2ccncc2)CCCCN1. The highest BCUT2D eigenvalue weighted by Gasteiger charge is 2.39. The Hall–Kier alpha value is -2.20. The molecule has 1 aromatic carbocycles. The largest absolute Gasteiger partial charge is 0.355 e. The van der Waals surface area contributed by atoms with Gasteiger partial charge in [-0.3, -0.25) is 9.78 Å². The molecule has 0 radical (unpaired) electrons. The lowest BCUT2D eigenvalue weighted by molar-refractivity contribution is -0.128. The van der Waals surface area contributed by atoms with Crippen molar-refractivity contribution in [3.8, 4) is 11.1 Å². The summed E-state index contributed by atoms with van der Waals surface area (Å²) in [7, 11) is 0. The van der Waals surface area contributed by atoms with Gasteiger partial charge in [0, 0.05) is 25.4 Å². The topological polar surface area (TPSA) is 54.0 Å². The third-order valence-corrected chi connectivity index (χ3v) is 4.77. The number of hydrogen-bond acceptors (Lipinski definition) is 3. The maximum atomic E-state index is 12.8. The lowest BCUT2D eigenvalue weighted by Gasteiger charge is -2.37. The van der Waals surface area contributed by atoms with Gasteiger partial charge in [0.05, 0.1) is 0 Å². The second-order valence-electron chi connectivity index (χ2n) is 6.40. The average Bonchev–Trinajstić information content (AvgIpc) is 2.64. The number of piperidine rings is 1. The van der Waals surface area contributed by atoms with Crippen molar-refractivity contribution in [1.82, 2.24) is 15.6 Å². The van der Waals surface area contributed by atoms with Gasteiger partial charge >= 0.3 is 0 Å². The predicted molar refractivity (Wildman–Crippen MR) is 96.6 cm³/mol. The van der Waals surface area contributed by atoms with Crippen LogP contribution in [0.15, 0.2) is 48.8 Å². The van der Waals surface area contributed by atoms with Crippen molar-refractivity contribution >= 4 is 5.91 Å². The van der Waals surface area contributed by atoms with Crippen LogP contribution in [0.25, 0.3) is 11.1 Å². The number of likely N-dealkylation sites (N-methyl/N-ethyl adjacent to an activating group) is 1. The molecular formula is C20H25N3O. The maximum absolute atomic E-state index is 12.8. The Morgan fingerprint density at radius 2 is 2.00 bits per heavy atom. The van der Waals surface area contributed by atoms with Crippen molar-refractivity contribution in [3.05, 3.63) is 54.4 Å². The highest BCUT2D eigenvalue weighted by Crippen LogP contribution is 2.30. The van der Waals surface area contributed by atoms with Gasteiger partial charge in [-0.15, -0.1) is 0 Å². The van der Waals surface area contributed by atoms with E-state index in [-0.39, 0.29) is 5.91 Å². The first kappa shape index (κ1) is 16.7. The van der Waals surface area contributed by atoms with Gasteiger partial charge in [-0.2, -0.15) is 0 Å². The Kier molecular flexibility index (Phi) is 5.26. The molecule has 2 N–H and O–H groups in total. The summed E-state index contributed by atoms with van der Waals surface area (Å²) in [5.41, 5.74) is 3.01. The quantitative estimate of drug-likeness (QED) is 0.889. The summed E-state index contributed by atoms with van der Waals surface area (Å²) in [5.74, 6) is 0.120. The van der Waals surface area contributed by atoms with E-state index in [0.717, 1.165) is 31.4 Å². The van der Waals surface area contributed by atoms with Gasteiger partial charge in [0.25, 0.3) is 0 Å². The summed E-state index contributed by atoms with van der Waals surface area (Å²) >= 11 is 0. The highest BCUT2D eigenvalue weighted by atomic mass is 16.2. The van der Waals surface area contributed by atoms with Crippen molar-refractivity contribution in [3.63, 3.8) is 0 Å². The first-order valence-electron chi connectivity index (χ1n) is 8.77. The molecule has 1 fully saturated rings. The lowest BCUT2D eigenvalue weighted by atomic mass is 9.80. The van der Waals surface area contributed by atoms with E-state index in [2.05, 4.69) is 27.8 Å². The van der Waals surface area contributed by atoms with Crippen molar-refractivity contribution in [2.24, 2.45) is 0 Å². The molecule has 1 aromatic heterocycles. The van der Waals surface area contributed by atoms with Gasteiger partial charge in [0.1, 0.15) is 5.54 Å². The van der Waals surface area contributed by atoms with E-state index < -0.39 is 5.54 Å². The second kappa shape index (κ2) is 7.58. The zero-order valence-corrected chi connectivity index (χ0v) is 14.2. The first-order valence-corrected chi connectivity index (χ1v) is 8.77. The molecule has 2 aromatic rings. The molecule has 4 heteroatoms. The summed E-state index contributed by atoms with van der Waals surface area (Å²) in [6.45, 7) is 3.53. The molecule has 0 saturated carbocycles. The van der Waals surface area contributed by atoms with Crippen LogP contribution in [0.4, 0.5) is 0 Å². The molecule has 1 unspecified atom stereocenters. The van der Waals surface area contributed by atoms with E-state index in [4.69, 9.17) is 0 Å². The normalized spacial score (nSPS) is 20.5. The summed E-state index contributed by atoms with van der Waals surface area (Å²) in [6.07, 6.45) is 7.42. The summed E-state index contributed by atoms with van der Waals surface area (Å²) in [5, 5.41) is 6.54. The number of hydrogen-bond donors (Lipinski definition) is 2. The Morgan fingerprint density at radius 3 is 2.71 bits per heavy atom. The van der Waals surface area contributed by atoms with Crippen LogP contribution in [0, 0.1) is 0 Å². The van der Waals surface area contributed by atoms with E-state index in [1.54, 1.807) is 0 Å². The van der Waals surface area contributed by atoms with Crippen molar-refractivity contribution in [2.45, 2.75) is 38.1 Å². The maximum Gasteiger partial charge on any atom is 0.240 e. The molecule has 0 spiro atoms. The molecule has 3 rings (SSSR count). The molecule has 1 amide bonds. The van der Waals surface area contributed by atoms with Crippen molar-refractivity contribution in [2.75, 3.05) is 13.1 Å². The van der Waals surface area contributed by atoms with Crippen LogP contribution in [0.3, 0.4) is 0 Å². The fourth-order valence-corrected chi connectivity index (χ4v) is 3.54. The molecule has 1 aliphatic rings. The summed E-state index contributed by atoms with van der Waals surface area (Å²) in [4.78, 5) is 16.9. The highest BCUT2D eigenvalue weighted by molar-refractivity contribution is 5.87. The van der Waals surface area contributed by atoms with Crippen LogP contribution < -0.4 is 10.6 Å². The van der Waals surface area contributed by atoms with Gasteiger partial charge < -0.3 is 10.6 Å². The number of nitrogens with one attached hydrogen (secondary N) is 2. The minimum Gasteiger partial charge on any atom is -0.355 e. The molecular weight excluding hydrogens is 298 g/mol. The van der Waals surface area contributed by atoms with Gasteiger partial charge in [0.2, 0.25) is 5.91 Å². The van der Waals surface area contributed by atoms with E-state index in [1.807, 2.05) is 43.6 Å². The number of amides is 1. The molecule has 1 aliphatic heterocycles. The number of rotatable bonds is 5. The van der Waals surface area contributed by atoms with Gasteiger partial charge in [-0.1, -0.05) is 24.3 Å². The number of carbonyl (C=O) groups is 1. The lowest BCUT2D eigenvalue weighted by Crippen LogP contribution is -2.60.